The molecule has 0 radical (unpaired) electrons. The van der Waals surface area contributed by atoms with Gasteiger partial charge in [0.2, 0.25) is 0 Å². The normalized spacial score (nSPS) is 20.8. The average Bonchev–Trinajstić information content (AvgIpc) is 2.73. The highest BCUT2D eigenvalue weighted by Crippen LogP contribution is 2.27. The van der Waals surface area contributed by atoms with Crippen LogP contribution in [0.3, 0.4) is 0 Å². The first-order valence-electron chi connectivity index (χ1n) is 6.15. The summed E-state index contributed by atoms with van der Waals surface area (Å²) in [6.07, 6.45) is 6.03. The van der Waals surface area contributed by atoms with E-state index in [1.165, 1.54) is 30.5 Å². The zero-order valence-electron chi connectivity index (χ0n) is 9.80. The number of hydrogen-bond acceptors (Lipinski definition) is 3. The van der Waals surface area contributed by atoms with Gasteiger partial charge < -0.3 is 10.3 Å². The van der Waals surface area contributed by atoms with Crippen LogP contribution < -0.4 is 5.73 Å². The fourth-order valence-electron chi connectivity index (χ4n) is 2.40. The Morgan fingerprint density at radius 1 is 1.41 bits per heavy atom. The van der Waals surface area contributed by atoms with Crippen LogP contribution in [-0.4, -0.2) is 20.6 Å². The lowest BCUT2D eigenvalue weighted by atomic mass is 10.2. The van der Waals surface area contributed by atoms with E-state index in [0.29, 0.717) is 0 Å². The number of anilines is 1. The summed E-state index contributed by atoms with van der Waals surface area (Å²) in [4.78, 5) is 4.42. The minimum absolute atomic E-state index is 0.749. The zero-order chi connectivity index (χ0) is 11.7. The van der Waals surface area contributed by atoms with Gasteiger partial charge in [0.15, 0.2) is 0 Å². The van der Waals surface area contributed by atoms with Gasteiger partial charge in [0.05, 0.1) is 17.4 Å². The molecule has 1 aliphatic heterocycles. The highest BCUT2D eigenvalue weighted by molar-refractivity contribution is 7.99. The second kappa shape index (κ2) is 4.61. The van der Waals surface area contributed by atoms with Crippen LogP contribution in [0.15, 0.2) is 24.5 Å². The van der Waals surface area contributed by atoms with Gasteiger partial charge in [0.25, 0.3) is 0 Å². The Bertz CT molecular complexity index is 514. The Hall–Kier alpha value is -1.16. The number of imidazole rings is 1. The average molecular weight is 247 g/mol. The zero-order valence-corrected chi connectivity index (χ0v) is 10.6. The summed E-state index contributed by atoms with van der Waals surface area (Å²) in [5.74, 6) is 1.31. The summed E-state index contributed by atoms with van der Waals surface area (Å²) in [6, 6.07) is 5.97. The smallest absolute Gasteiger partial charge is 0.0958 e. The Morgan fingerprint density at radius 3 is 3.18 bits per heavy atom. The van der Waals surface area contributed by atoms with Crippen molar-refractivity contribution in [3.8, 4) is 0 Å². The first-order chi connectivity index (χ1) is 8.33. The van der Waals surface area contributed by atoms with Gasteiger partial charge in [0, 0.05) is 17.5 Å². The van der Waals surface area contributed by atoms with E-state index in [1.807, 2.05) is 18.5 Å². The van der Waals surface area contributed by atoms with E-state index < -0.39 is 0 Å². The maximum atomic E-state index is 5.76. The molecule has 4 heteroatoms. The molecule has 3 rings (SSSR count). The summed E-state index contributed by atoms with van der Waals surface area (Å²) >= 11 is 2.10. The van der Waals surface area contributed by atoms with Crippen molar-refractivity contribution < 1.29 is 0 Å². The lowest BCUT2D eigenvalue weighted by Crippen LogP contribution is -2.16. The molecule has 2 aromatic rings. The topological polar surface area (TPSA) is 43.8 Å². The van der Waals surface area contributed by atoms with Crippen molar-refractivity contribution >= 4 is 28.5 Å². The molecule has 0 amide bonds. The molecule has 1 aromatic carbocycles. The van der Waals surface area contributed by atoms with E-state index in [9.17, 15) is 0 Å². The molecular formula is C13H17N3S. The van der Waals surface area contributed by atoms with E-state index in [2.05, 4.69) is 27.4 Å². The van der Waals surface area contributed by atoms with Crippen LogP contribution in [0.1, 0.15) is 19.3 Å². The predicted molar refractivity (Wildman–Crippen MR) is 74.2 cm³/mol. The Morgan fingerprint density at radius 2 is 2.35 bits per heavy atom. The molecule has 2 heterocycles. The van der Waals surface area contributed by atoms with Crippen molar-refractivity contribution in [2.45, 2.75) is 31.1 Å². The van der Waals surface area contributed by atoms with Crippen molar-refractivity contribution in [3.63, 3.8) is 0 Å². The lowest BCUT2D eigenvalue weighted by Gasteiger charge is -2.21. The molecule has 1 aromatic heterocycles. The van der Waals surface area contributed by atoms with E-state index in [1.54, 1.807) is 0 Å². The molecule has 1 fully saturated rings. The van der Waals surface area contributed by atoms with E-state index in [4.69, 9.17) is 5.73 Å². The largest absolute Gasteiger partial charge is 0.399 e. The number of benzene rings is 1. The van der Waals surface area contributed by atoms with Crippen LogP contribution in [0.4, 0.5) is 5.69 Å². The molecule has 1 atom stereocenters. The number of nitrogens with two attached hydrogens (primary N) is 1. The van der Waals surface area contributed by atoms with Gasteiger partial charge in [-0.3, -0.25) is 0 Å². The molecule has 2 N–H and O–H groups in total. The Kier molecular flexibility index (Phi) is 2.97. The molecule has 3 nitrogen and oxygen atoms in total. The number of rotatable bonds is 2. The molecule has 90 valence electrons. The van der Waals surface area contributed by atoms with Crippen LogP contribution >= 0.6 is 11.8 Å². The van der Waals surface area contributed by atoms with Crippen molar-refractivity contribution in [3.05, 3.63) is 24.5 Å². The third-order valence-corrected chi connectivity index (χ3v) is 4.70. The lowest BCUT2D eigenvalue weighted by molar-refractivity contribution is 0.591. The summed E-state index contributed by atoms with van der Waals surface area (Å²) in [6.45, 7) is 1.07. The van der Waals surface area contributed by atoms with Crippen molar-refractivity contribution in [2.24, 2.45) is 0 Å². The molecule has 0 bridgehead atoms. The highest BCUT2D eigenvalue weighted by atomic mass is 32.2. The minimum Gasteiger partial charge on any atom is -0.399 e. The first kappa shape index (κ1) is 11.0. The fraction of sp³-hybridized carbons (Fsp3) is 0.462. The van der Waals surface area contributed by atoms with Gasteiger partial charge in [-0.05, 0) is 36.8 Å². The molecular weight excluding hydrogens is 230 g/mol. The number of aromatic nitrogens is 2. The SMILES string of the molecule is Nc1ccc2c(c1)ncn2CC1CCCCS1. The summed E-state index contributed by atoms with van der Waals surface area (Å²) < 4.78 is 2.26. The third-order valence-electron chi connectivity index (χ3n) is 3.32. The molecule has 1 saturated heterocycles. The quantitative estimate of drug-likeness (QED) is 0.830. The van der Waals surface area contributed by atoms with Gasteiger partial charge in [-0.1, -0.05) is 6.42 Å². The first-order valence-corrected chi connectivity index (χ1v) is 7.20. The van der Waals surface area contributed by atoms with Gasteiger partial charge >= 0.3 is 0 Å². The molecule has 0 saturated carbocycles. The maximum absolute atomic E-state index is 5.76. The van der Waals surface area contributed by atoms with Crippen molar-refractivity contribution in [1.82, 2.24) is 9.55 Å². The Balaban J connectivity index is 1.84. The second-order valence-corrected chi connectivity index (χ2v) is 6.04. The molecule has 1 unspecified atom stereocenters. The second-order valence-electron chi connectivity index (χ2n) is 4.63. The van der Waals surface area contributed by atoms with Crippen LogP contribution in [-0.2, 0) is 6.54 Å². The van der Waals surface area contributed by atoms with Crippen LogP contribution in [0.25, 0.3) is 11.0 Å². The van der Waals surface area contributed by atoms with Gasteiger partial charge in [-0.25, -0.2) is 4.98 Å². The number of thioether (sulfide) groups is 1. The van der Waals surface area contributed by atoms with Crippen LogP contribution in [0, 0.1) is 0 Å². The standard InChI is InChI=1S/C13H17N3S/c14-10-4-5-13-12(7-10)15-9-16(13)8-11-3-1-2-6-17-11/h4-5,7,9,11H,1-3,6,8,14H2. The number of hydrogen-bond donors (Lipinski definition) is 1. The highest BCUT2D eigenvalue weighted by Gasteiger charge is 2.15. The monoisotopic (exact) mass is 247 g/mol. The van der Waals surface area contributed by atoms with E-state index in [-0.39, 0.29) is 0 Å². The van der Waals surface area contributed by atoms with Crippen molar-refractivity contribution in [1.29, 1.82) is 0 Å². The maximum Gasteiger partial charge on any atom is 0.0958 e. The van der Waals surface area contributed by atoms with Crippen molar-refractivity contribution in [2.75, 3.05) is 11.5 Å². The summed E-state index contributed by atoms with van der Waals surface area (Å²) in [7, 11) is 0. The van der Waals surface area contributed by atoms with Gasteiger partial charge in [-0.2, -0.15) is 11.8 Å². The number of nitrogen functional groups attached to an aromatic ring is 1. The minimum atomic E-state index is 0.749. The summed E-state index contributed by atoms with van der Waals surface area (Å²) in [5.41, 5.74) is 8.76. The summed E-state index contributed by atoms with van der Waals surface area (Å²) in [5, 5.41) is 0.749. The third kappa shape index (κ3) is 2.27. The number of nitrogens with zero attached hydrogens (tertiary/aromatic N) is 2. The van der Waals surface area contributed by atoms with Crippen LogP contribution in [0.5, 0.6) is 0 Å². The fourth-order valence-corrected chi connectivity index (χ4v) is 3.70. The number of fused-ring (bicyclic) bond motifs is 1. The molecule has 0 spiro atoms. The Labute approximate surface area is 105 Å². The molecule has 17 heavy (non-hydrogen) atoms. The van der Waals surface area contributed by atoms with E-state index >= 15 is 0 Å². The molecule has 0 aliphatic carbocycles. The van der Waals surface area contributed by atoms with Gasteiger partial charge in [-0.15, -0.1) is 0 Å². The van der Waals surface area contributed by atoms with Gasteiger partial charge in [0.1, 0.15) is 0 Å². The van der Waals surface area contributed by atoms with Crippen LogP contribution in [0.2, 0.25) is 0 Å². The van der Waals surface area contributed by atoms with E-state index in [0.717, 1.165) is 23.0 Å². The molecule has 1 aliphatic rings. The predicted octanol–water partition coefficient (Wildman–Crippen LogP) is 2.90.